The van der Waals surface area contributed by atoms with E-state index in [0.717, 1.165) is 6.07 Å². The van der Waals surface area contributed by atoms with Crippen LogP contribution in [0.4, 0.5) is 10.1 Å². The number of nitriles is 1. The summed E-state index contributed by atoms with van der Waals surface area (Å²) in [5.41, 5.74) is 6.17. The number of methoxy groups -OCH3 is 1. The molecule has 0 radical (unpaired) electrons. The van der Waals surface area contributed by atoms with E-state index in [1.165, 1.54) is 20.1 Å². The van der Waals surface area contributed by atoms with Crippen molar-refractivity contribution >= 4 is 11.6 Å². The summed E-state index contributed by atoms with van der Waals surface area (Å²) >= 11 is 0. The first kappa shape index (κ1) is 14.1. The lowest BCUT2D eigenvalue weighted by atomic mass is 10.1. The van der Waals surface area contributed by atoms with Gasteiger partial charge in [0.25, 0.3) is 0 Å². The fraction of sp³-hybridized carbons (Fsp3) is 0.333. The molecule has 1 rings (SSSR count). The van der Waals surface area contributed by atoms with Crippen LogP contribution in [0.1, 0.15) is 11.1 Å². The Morgan fingerprint density at radius 2 is 2.33 bits per heavy atom. The van der Waals surface area contributed by atoms with E-state index in [1.807, 2.05) is 6.07 Å². The molecule has 5 nitrogen and oxygen atoms in total. The smallest absolute Gasteiger partial charge is 0.243 e. The van der Waals surface area contributed by atoms with Crippen LogP contribution in [-0.2, 0) is 9.53 Å². The van der Waals surface area contributed by atoms with Gasteiger partial charge in [-0.3, -0.25) is 4.79 Å². The van der Waals surface area contributed by atoms with Crippen molar-refractivity contribution in [3.05, 3.63) is 29.1 Å². The summed E-state index contributed by atoms with van der Waals surface area (Å²) in [6.45, 7) is 1.57. The first-order valence-electron chi connectivity index (χ1n) is 5.25. The molecular formula is C12H14FN3O2. The molecule has 1 aromatic rings. The average molecular weight is 251 g/mol. The summed E-state index contributed by atoms with van der Waals surface area (Å²) in [5.74, 6) is -1.04. The summed E-state index contributed by atoms with van der Waals surface area (Å²) < 4.78 is 18.2. The van der Waals surface area contributed by atoms with Crippen LogP contribution in [-0.4, -0.2) is 25.7 Å². The molecule has 0 bridgehead atoms. The molecule has 0 aliphatic heterocycles. The summed E-state index contributed by atoms with van der Waals surface area (Å²) in [4.78, 5) is 11.6. The zero-order chi connectivity index (χ0) is 13.7. The monoisotopic (exact) mass is 251 g/mol. The SMILES string of the molecule is COCC(N)C(=O)Nc1cc(C#N)cc(F)c1C. The maximum absolute atomic E-state index is 13.5. The number of carbonyl (C=O) groups is 1. The maximum Gasteiger partial charge on any atom is 0.243 e. The van der Waals surface area contributed by atoms with Gasteiger partial charge in [-0.15, -0.1) is 0 Å². The molecule has 0 spiro atoms. The number of hydrogen-bond acceptors (Lipinski definition) is 4. The Morgan fingerprint density at radius 3 is 2.89 bits per heavy atom. The topological polar surface area (TPSA) is 88.1 Å². The molecule has 0 aliphatic carbocycles. The fourth-order valence-corrected chi connectivity index (χ4v) is 1.35. The number of nitrogens with one attached hydrogen (secondary N) is 1. The molecule has 0 aromatic heterocycles. The van der Waals surface area contributed by atoms with E-state index in [1.54, 1.807) is 0 Å². The number of nitrogens with two attached hydrogens (primary N) is 1. The predicted octanol–water partition coefficient (Wildman–Crippen LogP) is 0.918. The normalized spacial score (nSPS) is 11.7. The Hall–Kier alpha value is -1.97. The molecule has 1 atom stereocenters. The highest BCUT2D eigenvalue weighted by Crippen LogP contribution is 2.20. The molecule has 3 N–H and O–H groups in total. The van der Waals surface area contributed by atoms with Crippen molar-refractivity contribution in [1.82, 2.24) is 0 Å². The van der Waals surface area contributed by atoms with Crippen LogP contribution >= 0.6 is 0 Å². The fourth-order valence-electron chi connectivity index (χ4n) is 1.35. The third-order valence-electron chi connectivity index (χ3n) is 2.41. The third kappa shape index (κ3) is 3.26. The number of ether oxygens (including phenoxy) is 1. The van der Waals surface area contributed by atoms with Crippen LogP contribution in [0.3, 0.4) is 0 Å². The quantitative estimate of drug-likeness (QED) is 0.832. The second-order valence-corrected chi connectivity index (χ2v) is 3.79. The number of carbonyl (C=O) groups excluding carboxylic acids is 1. The molecule has 96 valence electrons. The molecule has 1 unspecified atom stereocenters. The highest BCUT2D eigenvalue weighted by atomic mass is 19.1. The van der Waals surface area contributed by atoms with Gasteiger partial charge in [0.15, 0.2) is 0 Å². The van der Waals surface area contributed by atoms with Gasteiger partial charge < -0.3 is 15.8 Å². The van der Waals surface area contributed by atoms with Crippen LogP contribution < -0.4 is 11.1 Å². The van der Waals surface area contributed by atoms with Gasteiger partial charge in [-0.2, -0.15) is 5.26 Å². The van der Waals surface area contributed by atoms with Gasteiger partial charge in [0.1, 0.15) is 11.9 Å². The highest BCUT2D eigenvalue weighted by Gasteiger charge is 2.15. The molecule has 1 aromatic carbocycles. The van der Waals surface area contributed by atoms with Crippen molar-refractivity contribution in [3.63, 3.8) is 0 Å². The van der Waals surface area contributed by atoms with Gasteiger partial charge in [-0.05, 0) is 19.1 Å². The first-order valence-corrected chi connectivity index (χ1v) is 5.25. The third-order valence-corrected chi connectivity index (χ3v) is 2.41. The highest BCUT2D eigenvalue weighted by molar-refractivity contribution is 5.95. The molecule has 0 heterocycles. The Kier molecular flexibility index (Phi) is 4.77. The second kappa shape index (κ2) is 6.10. The lowest BCUT2D eigenvalue weighted by Crippen LogP contribution is -2.39. The van der Waals surface area contributed by atoms with Gasteiger partial charge in [-0.1, -0.05) is 0 Å². The Bertz CT molecular complexity index is 497. The standard InChI is InChI=1S/C12H14FN3O2/c1-7-9(13)3-8(5-14)4-11(7)16-12(17)10(15)6-18-2/h3-4,10H,6,15H2,1-2H3,(H,16,17). The number of anilines is 1. The van der Waals surface area contributed by atoms with Gasteiger partial charge in [0.2, 0.25) is 5.91 Å². The van der Waals surface area contributed by atoms with Crippen LogP contribution in [0.15, 0.2) is 12.1 Å². The predicted molar refractivity (Wildman–Crippen MR) is 64.3 cm³/mol. The Morgan fingerprint density at radius 1 is 1.67 bits per heavy atom. The van der Waals surface area contributed by atoms with E-state index in [2.05, 4.69) is 5.32 Å². The van der Waals surface area contributed by atoms with Crippen LogP contribution in [0.2, 0.25) is 0 Å². The minimum Gasteiger partial charge on any atom is -0.383 e. The molecule has 0 saturated heterocycles. The van der Waals surface area contributed by atoms with Gasteiger partial charge in [-0.25, -0.2) is 4.39 Å². The average Bonchev–Trinajstić information content (AvgIpc) is 2.34. The van der Waals surface area contributed by atoms with Crippen molar-refractivity contribution < 1.29 is 13.9 Å². The zero-order valence-electron chi connectivity index (χ0n) is 10.2. The Balaban J connectivity index is 2.94. The minimum atomic E-state index is -0.844. The summed E-state index contributed by atoms with van der Waals surface area (Å²) in [6.07, 6.45) is 0. The molecule has 6 heteroatoms. The van der Waals surface area contributed by atoms with E-state index >= 15 is 0 Å². The van der Waals surface area contributed by atoms with Gasteiger partial charge in [0.05, 0.1) is 18.2 Å². The van der Waals surface area contributed by atoms with Crippen LogP contribution in [0.25, 0.3) is 0 Å². The number of nitrogens with zero attached hydrogens (tertiary/aromatic N) is 1. The van der Waals surface area contributed by atoms with Crippen LogP contribution in [0.5, 0.6) is 0 Å². The summed E-state index contributed by atoms with van der Waals surface area (Å²) in [7, 11) is 1.42. The second-order valence-electron chi connectivity index (χ2n) is 3.79. The molecule has 18 heavy (non-hydrogen) atoms. The number of benzene rings is 1. The zero-order valence-corrected chi connectivity index (χ0v) is 10.2. The number of hydrogen-bond donors (Lipinski definition) is 2. The molecule has 0 saturated carbocycles. The van der Waals surface area contributed by atoms with E-state index in [9.17, 15) is 9.18 Å². The maximum atomic E-state index is 13.5. The van der Waals surface area contributed by atoms with E-state index < -0.39 is 17.8 Å². The van der Waals surface area contributed by atoms with E-state index in [-0.39, 0.29) is 23.4 Å². The van der Waals surface area contributed by atoms with Crippen molar-refractivity contribution in [2.75, 3.05) is 19.0 Å². The molecule has 0 fully saturated rings. The van der Waals surface area contributed by atoms with Gasteiger partial charge in [0, 0.05) is 18.4 Å². The van der Waals surface area contributed by atoms with E-state index in [4.69, 9.17) is 15.7 Å². The number of rotatable bonds is 4. The van der Waals surface area contributed by atoms with Crippen LogP contribution in [0, 0.1) is 24.1 Å². The lowest BCUT2D eigenvalue weighted by molar-refractivity contribution is -0.118. The molecule has 1 amide bonds. The van der Waals surface area contributed by atoms with E-state index in [0.29, 0.717) is 0 Å². The first-order chi connectivity index (χ1) is 8.49. The Labute approximate surface area is 104 Å². The minimum absolute atomic E-state index is 0.0608. The van der Waals surface area contributed by atoms with Gasteiger partial charge >= 0.3 is 0 Å². The summed E-state index contributed by atoms with van der Waals surface area (Å²) in [6, 6.07) is 3.48. The van der Waals surface area contributed by atoms with Crippen molar-refractivity contribution in [2.45, 2.75) is 13.0 Å². The lowest BCUT2D eigenvalue weighted by Gasteiger charge is -2.13. The number of halogens is 1. The number of amides is 1. The summed E-state index contributed by atoms with van der Waals surface area (Å²) in [5, 5.41) is 11.2. The molecule has 0 aliphatic rings. The largest absolute Gasteiger partial charge is 0.383 e. The van der Waals surface area contributed by atoms with Crippen molar-refractivity contribution in [3.8, 4) is 6.07 Å². The molecular weight excluding hydrogens is 237 g/mol. The van der Waals surface area contributed by atoms with Crippen molar-refractivity contribution in [1.29, 1.82) is 5.26 Å². The van der Waals surface area contributed by atoms with Crippen molar-refractivity contribution in [2.24, 2.45) is 5.73 Å².